The molecule has 7 heteroatoms. The molecule has 22 heavy (non-hydrogen) atoms. The quantitative estimate of drug-likeness (QED) is 0.726. The molecular weight excluding hydrogens is 300 g/mol. The molecule has 0 aliphatic carbocycles. The van der Waals surface area contributed by atoms with Crippen molar-refractivity contribution in [2.24, 2.45) is 0 Å². The first-order valence-corrected chi connectivity index (χ1v) is 7.04. The third-order valence-electron chi connectivity index (χ3n) is 2.59. The molecule has 0 bridgehead atoms. The second-order valence-corrected chi connectivity index (χ2v) is 4.28. The Morgan fingerprint density at radius 3 is 2.59 bits per heavy atom. The average Bonchev–Trinajstić information content (AvgIpc) is 2.58. The van der Waals surface area contributed by atoms with Crippen molar-refractivity contribution < 1.29 is 0 Å². The molecule has 0 aromatic carbocycles. The van der Waals surface area contributed by atoms with Gasteiger partial charge in [0.05, 0.1) is 17.4 Å². The first-order valence-electron chi connectivity index (χ1n) is 6.67. The Labute approximate surface area is 132 Å². The minimum absolute atomic E-state index is 0.351. The summed E-state index contributed by atoms with van der Waals surface area (Å²) in [5.74, 6) is 0.531. The molecule has 1 N–H and O–H groups in total. The van der Waals surface area contributed by atoms with Gasteiger partial charge in [-0.05, 0) is 24.3 Å². The van der Waals surface area contributed by atoms with Gasteiger partial charge < -0.3 is 5.32 Å². The van der Waals surface area contributed by atoms with Gasteiger partial charge in [0.15, 0.2) is 5.82 Å². The van der Waals surface area contributed by atoms with Crippen molar-refractivity contribution in [3.63, 3.8) is 0 Å². The van der Waals surface area contributed by atoms with Crippen molar-refractivity contribution >= 4 is 34.1 Å². The number of aromatic nitrogens is 4. The maximum absolute atomic E-state index is 8.71. The molecule has 0 aliphatic heterocycles. The second-order valence-electron chi connectivity index (χ2n) is 3.89. The van der Waals surface area contributed by atoms with Crippen LogP contribution < -0.4 is 5.32 Å². The Hall–Kier alpha value is -2.78. The smallest absolute Gasteiger partial charge is 0.160 e. The maximum atomic E-state index is 8.71. The Morgan fingerprint density at radius 1 is 1.09 bits per heavy atom. The van der Waals surface area contributed by atoms with Gasteiger partial charge in [0.1, 0.15) is 28.8 Å². The summed E-state index contributed by atoms with van der Waals surface area (Å²) in [5, 5.41) is 12.2. The Bertz CT molecular complexity index is 810. The summed E-state index contributed by atoms with van der Waals surface area (Å²) >= 11 is 5.89. The summed E-state index contributed by atoms with van der Waals surface area (Å²) < 4.78 is 0. The van der Waals surface area contributed by atoms with Crippen LogP contribution in [0, 0.1) is 11.3 Å². The Kier molecular flexibility index (Phi) is 5.17. The fourth-order valence-corrected chi connectivity index (χ4v) is 1.83. The molecule has 0 saturated carbocycles. The van der Waals surface area contributed by atoms with E-state index in [9.17, 15) is 0 Å². The summed E-state index contributed by atoms with van der Waals surface area (Å²) in [5.41, 5.74) is 2.31. The predicted octanol–water partition coefficient (Wildman–Crippen LogP) is 3.71. The highest BCUT2D eigenvalue weighted by Gasteiger charge is 2.06. The van der Waals surface area contributed by atoms with E-state index in [-0.39, 0.29) is 0 Å². The van der Waals surface area contributed by atoms with E-state index in [0.717, 1.165) is 0 Å². The second kappa shape index (κ2) is 7.29. The van der Waals surface area contributed by atoms with Crippen molar-refractivity contribution in [2.75, 3.05) is 5.32 Å². The van der Waals surface area contributed by atoms with E-state index in [2.05, 4.69) is 25.3 Å². The number of halogens is 1. The lowest BCUT2D eigenvalue weighted by Gasteiger charge is -2.07. The van der Waals surface area contributed by atoms with Crippen LogP contribution >= 0.6 is 11.6 Å². The molecule has 0 unspecified atom stereocenters. The van der Waals surface area contributed by atoms with Crippen LogP contribution in [0.2, 0.25) is 5.15 Å². The highest BCUT2D eigenvalue weighted by molar-refractivity contribution is 6.29. The van der Waals surface area contributed by atoms with Gasteiger partial charge in [0.25, 0.3) is 0 Å². The van der Waals surface area contributed by atoms with Crippen LogP contribution in [-0.2, 0) is 0 Å². The highest BCUT2D eigenvalue weighted by Crippen LogP contribution is 2.22. The summed E-state index contributed by atoms with van der Waals surface area (Å²) in [4.78, 5) is 16.5. The minimum Gasteiger partial charge on any atom is -0.337 e. The number of hydrogen-bond donors (Lipinski definition) is 1. The fourth-order valence-electron chi connectivity index (χ4n) is 1.68. The third kappa shape index (κ3) is 3.45. The highest BCUT2D eigenvalue weighted by atomic mass is 35.5. The van der Waals surface area contributed by atoms with Crippen LogP contribution in [0.3, 0.4) is 0 Å². The number of nitriles is 1. The lowest BCUT2D eigenvalue weighted by Crippen LogP contribution is -1.98. The van der Waals surface area contributed by atoms with Gasteiger partial charge in [0, 0.05) is 0 Å². The molecule has 6 nitrogen and oxygen atoms in total. The largest absolute Gasteiger partial charge is 0.337 e. The zero-order chi connectivity index (χ0) is 15.9. The van der Waals surface area contributed by atoms with E-state index in [1.54, 1.807) is 30.5 Å². The molecular formula is C15H13ClN6. The normalized spacial score (nSPS) is 9.55. The van der Waals surface area contributed by atoms with Crippen LogP contribution in [0.25, 0.3) is 11.0 Å². The fraction of sp³-hybridized carbons (Fsp3) is 0.133. The standard InChI is InChI=1S/C13H7ClN6.C2H6/c14-11-4-3-10-12(20-11)13(18-7-17-10)19-9-2-1-8(5-15)16-6-9;1-2/h1-4,6-7H,(H,17,18,19);1-2H3. The average molecular weight is 313 g/mol. The first-order chi connectivity index (χ1) is 10.8. The molecule has 3 aromatic rings. The summed E-state index contributed by atoms with van der Waals surface area (Å²) in [6, 6.07) is 8.76. The van der Waals surface area contributed by atoms with Gasteiger partial charge in [-0.1, -0.05) is 25.4 Å². The van der Waals surface area contributed by atoms with Crippen LogP contribution in [0.1, 0.15) is 19.5 Å². The maximum Gasteiger partial charge on any atom is 0.160 e. The van der Waals surface area contributed by atoms with Crippen LogP contribution in [-0.4, -0.2) is 19.9 Å². The topological polar surface area (TPSA) is 87.4 Å². The van der Waals surface area contributed by atoms with Gasteiger partial charge >= 0.3 is 0 Å². The van der Waals surface area contributed by atoms with E-state index in [0.29, 0.717) is 33.4 Å². The van der Waals surface area contributed by atoms with Crippen LogP contribution in [0.5, 0.6) is 0 Å². The molecule has 3 rings (SSSR count). The van der Waals surface area contributed by atoms with Crippen molar-refractivity contribution in [1.29, 1.82) is 5.26 Å². The Balaban J connectivity index is 0.000000847. The molecule has 110 valence electrons. The summed E-state index contributed by atoms with van der Waals surface area (Å²) in [6.45, 7) is 4.00. The first kappa shape index (κ1) is 15.6. The SMILES string of the molecule is CC.N#Cc1ccc(Nc2ncnc3ccc(Cl)nc23)cn1. The number of rotatable bonds is 2. The molecule has 0 amide bonds. The van der Waals surface area contributed by atoms with E-state index < -0.39 is 0 Å². The molecule has 0 fully saturated rings. The number of hydrogen-bond acceptors (Lipinski definition) is 6. The molecule has 0 saturated heterocycles. The molecule has 3 heterocycles. The molecule has 3 aromatic heterocycles. The van der Waals surface area contributed by atoms with Crippen LogP contribution in [0.15, 0.2) is 36.8 Å². The van der Waals surface area contributed by atoms with Gasteiger partial charge in [0.2, 0.25) is 0 Å². The zero-order valence-corrected chi connectivity index (χ0v) is 12.8. The van der Waals surface area contributed by atoms with Gasteiger partial charge in [-0.15, -0.1) is 0 Å². The summed E-state index contributed by atoms with van der Waals surface area (Å²) in [6.07, 6.45) is 2.99. The third-order valence-corrected chi connectivity index (χ3v) is 2.80. The van der Waals surface area contributed by atoms with E-state index in [4.69, 9.17) is 16.9 Å². The number of pyridine rings is 2. The Morgan fingerprint density at radius 2 is 1.91 bits per heavy atom. The summed E-state index contributed by atoms with van der Waals surface area (Å²) in [7, 11) is 0. The van der Waals surface area contributed by atoms with E-state index in [1.165, 1.54) is 6.33 Å². The van der Waals surface area contributed by atoms with E-state index in [1.807, 2.05) is 19.9 Å². The predicted molar refractivity (Wildman–Crippen MR) is 85.9 cm³/mol. The van der Waals surface area contributed by atoms with Gasteiger partial charge in [-0.2, -0.15) is 5.26 Å². The number of anilines is 2. The molecule has 0 spiro atoms. The molecule has 0 atom stereocenters. The number of nitrogens with zero attached hydrogens (tertiary/aromatic N) is 5. The molecule has 0 radical (unpaired) electrons. The number of fused-ring (bicyclic) bond motifs is 1. The van der Waals surface area contributed by atoms with Crippen molar-refractivity contribution in [2.45, 2.75) is 13.8 Å². The molecule has 0 aliphatic rings. The van der Waals surface area contributed by atoms with Crippen molar-refractivity contribution in [3.8, 4) is 6.07 Å². The number of nitrogens with one attached hydrogen (secondary N) is 1. The van der Waals surface area contributed by atoms with Gasteiger partial charge in [-0.25, -0.2) is 19.9 Å². The zero-order valence-electron chi connectivity index (χ0n) is 12.1. The van der Waals surface area contributed by atoms with Crippen molar-refractivity contribution in [3.05, 3.63) is 47.6 Å². The van der Waals surface area contributed by atoms with Crippen LogP contribution in [0.4, 0.5) is 11.5 Å². The van der Waals surface area contributed by atoms with Crippen molar-refractivity contribution in [1.82, 2.24) is 19.9 Å². The monoisotopic (exact) mass is 312 g/mol. The van der Waals surface area contributed by atoms with Gasteiger partial charge in [-0.3, -0.25) is 0 Å². The lowest BCUT2D eigenvalue weighted by atomic mass is 10.3. The van der Waals surface area contributed by atoms with E-state index >= 15 is 0 Å². The minimum atomic E-state index is 0.351. The lowest BCUT2D eigenvalue weighted by molar-refractivity contribution is 1.19.